The average Bonchev–Trinajstić information content (AvgIpc) is 3.14. The first-order chi connectivity index (χ1) is 18.3. The van der Waals surface area contributed by atoms with Crippen LogP contribution in [0.25, 0.3) is 5.65 Å². The number of benzene rings is 1. The van der Waals surface area contributed by atoms with Gasteiger partial charge in [0.1, 0.15) is 11.5 Å². The van der Waals surface area contributed by atoms with Gasteiger partial charge in [-0.2, -0.15) is 0 Å². The third-order valence-electron chi connectivity index (χ3n) is 7.32. The molecule has 2 aliphatic rings. The van der Waals surface area contributed by atoms with Crippen LogP contribution in [0.15, 0.2) is 53.5 Å². The maximum atomic E-state index is 13.9. The highest BCUT2D eigenvalue weighted by Crippen LogP contribution is 2.37. The highest BCUT2D eigenvalue weighted by molar-refractivity contribution is 6.27. The molecule has 2 fully saturated rings. The lowest BCUT2D eigenvalue weighted by atomic mass is 9.98. The summed E-state index contributed by atoms with van der Waals surface area (Å²) in [5, 5.41) is 14.8. The van der Waals surface area contributed by atoms with Gasteiger partial charge >= 0.3 is 11.9 Å². The quantitative estimate of drug-likeness (QED) is 0.451. The lowest BCUT2D eigenvalue weighted by Crippen LogP contribution is -2.46. The van der Waals surface area contributed by atoms with E-state index >= 15 is 0 Å². The lowest BCUT2D eigenvalue weighted by molar-refractivity contribution is -0.159. The van der Waals surface area contributed by atoms with Crippen molar-refractivity contribution < 1.29 is 28.9 Å². The third kappa shape index (κ3) is 6.25. The van der Waals surface area contributed by atoms with Crippen LogP contribution in [0.2, 0.25) is 0 Å². The Morgan fingerprint density at radius 2 is 1.71 bits per heavy atom. The van der Waals surface area contributed by atoms with Crippen molar-refractivity contribution in [1.82, 2.24) is 14.3 Å². The Morgan fingerprint density at radius 1 is 1.05 bits per heavy atom. The van der Waals surface area contributed by atoms with Crippen LogP contribution >= 0.6 is 0 Å². The Labute approximate surface area is 219 Å². The molecule has 2 bridgehead atoms. The first kappa shape index (κ1) is 27.4. The molecule has 0 radical (unpaired) electrons. The average molecular weight is 526 g/mol. The van der Waals surface area contributed by atoms with Crippen LogP contribution in [0.4, 0.5) is 4.39 Å². The van der Waals surface area contributed by atoms with E-state index in [1.165, 1.54) is 18.9 Å². The number of piperidine rings is 1. The van der Waals surface area contributed by atoms with Crippen molar-refractivity contribution in [2.45, 2.75) is 70.2 Å². The third-order valence-corrected chi connectivity index (χ3v) is 7.32. The second-order valence-corrected chi connectivity index (χ2v) is 9.60. The van der Waals surface area contributed by atoms with E-state index in [9.17, 15) is 9.18 Å². The number of aliphatic carboxylic acids is 2. The number of halogens is 1. The van der Waals surface area contributed by atoms with E-state index in [4.69, 9.17) is 29.5 Å². The lowest BCUT2D eigenvalue weighted by Gasteiger charge is -2.39. The van der Waals surface area contributed by atoms with Gasteiger partial charge in [-0.15, -0.1) is 0 Å². The van der Waals surface area contributed by atoms with E-state index in [-0.39, 0.29) is 17.5 Å². The summed E-state index contributed by atoms with van der Waals surface area (Å²) in [7, 11) is 0. The molecule has 0 aliphatic carbocycles. The van der Waals surface area contributed by atoms with Gasteiger partial charge in [-0.3, -0.25) is 14.1 Å². The summed E-state index contributed by atoms with van der Waals surface area (Å²) in [5.41, 5.74) is 3.15. The van der Waals surface area contributed by atoms with Crippen LogP contribution < -0.4 is 5.56 Å². The highest BCUT2D eigenvalue weighted by Gasteiger charge is 2.40. The summed E-state index contributed by atoms with van der Waals surface area (Å²) in [6.45, 7) is 3.27. The van der Waals surface area contributed by atoms with Gasteiger partial charge in [0.25, 0.3) is 5.56 Å². The molecule has 2 saturated heterocycles. The molecule has 202 valence electrons. The first-order valence-electron chi connectivity index (χ1n) is 12.8. The molecular formula is C28H32FN3O6. The second-order valence-electron chi connectivity index (χ2n) is 9.60. The van der Waals surface area contributed by atoms with Crippen LogP contribution in [-0.2, 0) is 33.8 Å². The molecule has 2 aromatic heterocycles. The van der Waals surface area contributed by atoms with Gasteiger partial charge in [0.2, 0.25) is 0 Å². The number of aryl methyl sites for hydroxylation is 1. The predicted molar refractivity (Wildman–Crippen MR) is 138 cm³/mol. The molecule has 1 aromatic carbocycles. The zero-order valence-corrected chi connectivity index (χ0v) is 21.3. The Kier molecular flexibility index (Phi) is 8.85. The van der Waals surface area contributed by atoms with Gasteiger partial charge in [-0.1, -0.05) is 31.2 Å². The fourth-order valence-electron chi connectivity index (χ4n) is 5.50. The molecule has 4 heterocycles. The summed E-state index contributed by atoms with van der Waals surface area (Å²) in [6.07, 6.45) is 7.73. The van der Waals surface area contributed by atoms with E-state index < -0.39 is 11.9 Å². The molecule has 9 nitrogen and oxygen atoms in total. The summed E-state index contributed by atoms with van der Waals surface area (Å²) in [4.78, 5) is 38.6. The number of hydrogen-bond donors (Lipinski definition) is 2. The van der Waals surface area contributed by atoms with Crippen molar-refractivity contribution in [3.8, 4) is 0 Å². The van der Waals surface area contributed by atoms with E-state index in [0.717, 1.165) is 43.5 Å². The minimum Gasteiger partial charge on any atom is -0.473 e. The molecule has 2 unspecified atom stereocenters. The van der Waals surface area contributed by atoms with Crippen LogP contribution in [0.1, 0.15) is 49.4 Å². The van der Waals surface area contributed by atoms with Crippen LogP contribution in [-0.4, -0.2) is 61.2 Å². The Bertz CT molecular complexity index is 1330. The molecule has 38 heavy (non-hydrogen) atoms. The molecular weight excluding hydrogens is 493 g/mol. The molecule has 2 atom stereocenters. The normalized spacial score (nSPS) is 20.6. The van der Waals surface area contributed by atoms with Gasteiger partial charge in [-0.05, 0) is 56.7 Å². The summed E-state index contributed by atoms with van der Waals surface area (Å²) in [5.74, 6) is -3.85. The standard InChI is InChI=1S/C26H30FN3O2.C2H2O4/c1-2-24-22(26(31)30-13-6-5-9-25(30)28-24)12-14-29-19-10-11-20(29)16-21(15-19)32-17-18-7-3-4-8-23(18)27;3-1(4)2(5)6/h3-9,13,19-21H,2,10-12,14-17H2,1H3;(H,3,4)(H,5,6). The number of aromatic nitrogens is 2. The molecule has 5 rings (SSSR count). The van der Waals surface area contributed by atoms with Crippen LogP contribution in [0.3, 0.4) is 0 Å². The van der Waals surface area contributed by atoms with E-state index in [1.807, 2.05) is 24.3 Å². The fourth-order valence-corrected chi connectivity index (χ4v) is 5.50. The fraction of sp³-hybridized carbons (Fsp3) is 0.429. The molecule has 0 spiro atoms. The SMILES string of the molecule is CCc1nc2ccccn2c(=O)c1CCN1C2CCC1CC(OCc1ccccc1F)C2.O=C(O)C(=O)O. The highest BCUT2D eigenvalue weighted by atomic mass is 19.1. The minimum absolute atomic E-state index is 0.0582. The minimum atomic E-state index is -1.82. The zero-order valence-electron chi connectivity index (χ0n) is 21.3. The topological polar surface area (TPSA) is 121 Å². The number of carboxylic acid groups (broad SMARTS) is 2. The van der Waals surface area contributed by atoms with Crippen molar-refractivity contribution >= 4 is 17.6 Å². The number of fused-ring (bicyclic) bond motifs is 3. The number of nitrogens with zero attached hydrogens (tertiary/aromatic N) is 3. The Hall–Kier alpha value is -3.63. The molecule has 0 amide bonds. The smallest absolute Gasteiger partial charge is 0.414 e. The van der Waals surface area contributed by atoms with Crippen molar-refractivity contribution in [3.05, 3.63) is 81.7 Å². The largest absolute Gasteiger partial charge is 0.473 e. The van der Waals surface area contributed by atoms with Gasteiger partial charge in [-0.25, -0.2) is 19.0 Å². The van der Waals surface area contributed by atoms with E-state index in [2.05, 4.69) is 11.8 Å². The van der Waals surface area contributed by atoms with Gasteiger partial charge in [0.15, 0.2) is 0 Å². The maximum absolute atomic E-state index is 13.9. The van der Waals surface area contributed by atoms with Crippen molar-refractivity contribution in [3.63, 3.8) is 0 Å². The molecule has 2 N–H and O–H groups in total. The maximum Gasteiger partial charge on any atom is 0.414 e. The van der Waals surface area contributed by atoms with Crippen molar-refractivity contribution in [2.24, 2.45) is 0 Å². The van der Waals surface area contributed by atoms with Crippen LogP contribution in [0.5, 0.6) is 0 Å². The Balaban J connectivity index is 0.000000505. The van der Waals surface area contributed by atoms with Gasteiger partial charge in [0, 0.05) is 36.0 Å². The number of hydrogen-bond acceptors (Lipinski definition) is 6. The zero-order chi connectivity index (χ0) is 27.2. The summed E-state index contributed by atoms with van der Waals surface area (Å²) >= 11 is 0. The number of ether oxygens (including phenoxy) is 1. The number of carbonyl (C=O) groups is 2. The molecule has 3 aromatic rings. The molecule has 2 aliphatic heterocycles. The summed E-state index contributed by atoms with van der Waals surface area (Å²) < 4.78 is 21.7. The van der Waals surface area contributed by atoms with E-state index in [0.29, 0.717) is 29.9 Å². The monoisotopic (exact) mass is 525 g/mol. The van der Waals surface area contributed by atoms with Crippen LogP contribution in [0, 0.1) is 5.82 Å². The number of rotatable bonds is 7. The van der Waals surface area contributed by atoms with Gasteiger partial charge < -0.3 is 14.9 Å². The van der Waals surface area contributed by atoms with Crippen molar-refractivity contribution in [1.29, 1.82) is 0 Å². The van der Waals surface area contributed by atoms with E-state index in [1.54, 1.807) is 22.7 Å². The second kappa shape index (κ2) is 12.3. The number of carboxylic acids is 2. The summed E-state index contributed by atoms with van der Waals surface area (Å²) in [6, 6.07) is 13.5. The first-order valence-corrected chi connectivity index (χ1v) is 12.8. The number of pyridine rings is 1. The molecule has 0 saturated carbocycles. The predicted octanol–water partition coefficient (Wildman–Crippen LogP) is 3.31. The molecule has 10 heteroatoms. The Morgan fingerprint density at radius 3 is 2.34 bits per heavy atom. The van der Waals surface area contributed by atoms with Crippen molar-refractivity contribution in [2.75, 3.05) is 6.54 Å². The van der Waals surface area contributed by atoms with Gasteiger partial charge in [0.05, 0.1) is 18.4 Å².